The molecule has 2 heterocycles. The Balaban J connectivity index is 0.00000169. The fourth-order valence-electron chi connectivity index (χ4n) is 3.21. The fourth-order valence-corrected chi connectivity index (χ4v) is 3.21. The Bertz CT molecular complexity index is 700. The average molecular weight is 403 g/mol. The SMILES string of the molecule is CC(C)n1c(CCNC(=O)CC2COCCN2)nc2ccccc21.Cl.Cl. The number of benzene rings is 1. The second kappa shape index (κ2) is 10.7. The van der Waals surface area contributed by atoms with E-state index in [1.807, 2.05) is 18.2 Å². The van der Waals surface area contributed by atoms with Crippen LogP contribution in [0.2, 0.25) is 0 Å². The van der Waals surface area contributed by atoms with Crippen molar-refractivity contribution in [2.24, 2.45) is 0 Å². The van der Waals surface area contributed by atoms with Crippen molar-refractivity contribution in [3.05, 3.63) is 30.1 Å². The van der Waals surface area contributed by atoms with Gasteiger partial charge >= 0.3 is 0 Å². The second-order valence-corrected chi connectivity index (χ2v) is 6.51. The molecule has 1 aromatic carbocycles. The summed E-state index contributed by atoms with van der Waals surface area (Å²) < 4.78 is 7.62. The van der Waals surface area contributed by atoms with Crippen LogP contribution in [0.15, 0.2) is 24.3 Å². The van der Waals surface area contributed by atoms with Crippen LogP contribution in [0.1, 0.15) is 32.1 Å². The Hall–Kier alpha value is -1.34. The van der Waals surface area contributed by atoms with Crippen molar-refractivity contribution >= 4 is 41.8 Å². The van der Waals surface area contributed by atoms with Gasteiger partial charge in [0.1, 0.15) is 5.82 Å². The van der Waals surface area contributed by atoms with E-state index in [-0.39, 0.29) is 36.8 Å². The minimum Gasteiger partial charge on any atom is -0.378 e. The molecule has 1 fully saturated rings. The number of amides is 1. The summed E-state index contributed by atoms with van der Waals surface area (Å²) in [6, 6.07) is 8.63. The predicted molar refractivity (Wildman–Crippen MR) is 109 cm³/mol. The van der Waals surface area contributed by atoms with Crippen molar-refractivity contribution in [1.29, 1.82) is 0 Å². The molecule has 2 aromatic rings. The molecule has 146 valence electrons. The molecule has 3 rings (SSSR count). The highest BCUT2D eigenvalue weighted by atomic mass is 35.5. The Labute approximate surface area is 166 Å². The van der Waals surface area contributed by atoms with Gasteiger partial charge in [-0.05, 0) is 26.0 Å². The highest BCUT2D eigenvalue weighted by molar-refractivity contribution is 5.85. The lowest BCUT2D eigenvalue weighted by molar-refractivity contribution is -0.122. The molecule has 0 bridgehead atoms. The largest absolute Gasteiger partial charge is 0.378 e. The number of imidazole rings is 1. The molecule has 1 aliphatic rings. The first-order valence-corrected chi connectivity index (χ1v) is 8.69. The molecule has 0 radical (unpaired) electrons. The van der Waals surface area contributed by atoms with E-state index in [9.17, 15) is 4.79 Å². The van der Waals surface area contributed by atoms with Gasteiger partial charge in [-0.3, -0.25) is 4.79 Å². The van der Waals surface area contributed by atoms with Crippen LogP contribution in [0.25, 0.3) is 11.0 Å². The Morgan fingerprint density at radius 2 is 2.15 bits per heavy atom. The molecular weight excluding hydrogens is 375 g/mol. The zero-order chi connectivity index (χ0) is 16.9. The number of carbonyl (C=O) groups is 1. The molecule has 1 aliphatic heterocycles. The van der Waals surface area contributed by atoms with Gasteiger partial charge in [0, 0.05) is 38.0 Å². The zero-order valence-electron chi connectivity index (χ0n) is 15.2. The summed E-state index contributed by atoms with van der Waals surface area (Å²) in [7, 11) is 0. The van der Waals surface area contributed by atoms with Crippen LogP contribution in [0.4, 0.5) is 0 Å². The van der Waals surface area contributed by atoms with E-state index in [1.54, 1.807) is 0 Å². The molecule has 1 amide bonds. The van der Waals surface area contributed by atoms with E-state index < -0.39 is 0 Å². The zero-order valence-corrected chi connectivity index (χ0v) is 16.9. The lowest BCUT2D eigenvalue weighted by atomic mass is 10.2. The standard InChI is InChI=1S/C18H26N4O2.2ClH/c1-13(2)22-16-6-4-3-5-15(16)21-17(22)7-8-20-18(23)11-14-12-24-10-9-19-14;;/h3-6,13-14,19H,7-12H2,1-2H3,(H,20,23);2*1H. The summed E-state index contributed by atoms with van der Waals surface area (Å²) >= 11 is 0. The Morgan fingerprint density at radius 3 is 2.85 bits per heavy atom. The number of carbonyl (C=O) groups excluding carboxylic acids is 1. The van der Waals surface area contributed by atoms with E-state index in [0.29, 0.717) is 25.6 Å². The molecule has 2 N–H and O–H groups in total. The minimum absolute atomic E-state index is 0. The van der Waals surface area contributed by atoms with E-state index in [2.05, 4.69) is 35.1 Å². The predicted octanol–water partition coefficient (Wildman–Crippen LogP) is 2.50. The van der Waals surface area contributed by atoms with E-state index >= 15 is 0 Å². The molecule has 0 spiro atoms. The summed E-state index contributed by atoms with van der Waals surface area (Å²) in [6.07, 6.45) is 1.19. The molecule has 26 heavy (non-hydrogen) atoms. The average Bonchev–Trinajstić information content (AvgIpc) is 2.94. The van der Waals surface area contributed by atoms with Crippen molar-refractivity contribution in [3.63, 3.8) is 0 Å². The fraction of sp³-hybridized carbons (Fsp3) is 0.556. The molecule has 0 aliphatic carbocycles. The molecule has 0 saturated carbocycles. The maximum absolute atomic E-state index is 12.1. The third-order valence-corrected chi connectivity index (χ3v) is 4.29. The van der Waals surface area contributed by atoms with Gasteiger partial charge in [0.25, 0.3) is 0 Å². The van der Waals surface area contributed by atoms with E-state index in [4.69, 9.17) is 9.72 Å². The summed E-state index contributed by atoms with van der Waals surface area (Å²) in [5.41, 5.74) is 2.16. The molecule has 1 unspecified atom stereocenters. The van der Waals surface area contributed by atoms with Gasteiger partial charge in [0.15, 0.2) is 0 Å². The summed E-state index contributed by atoms with van der Waals surface area (Å²) in [5.74, 6) is 1.08. The highest BCUT2D eigenvalue weighted by Gasteiger charge is 2.17. The number of hydrogen-bond acceptors (Lipinski definition) is 4. The first-order chi connectivity index (χ1) is 11.6. The maximum Gasteiger partial charge on any atom is 0.221 e. The molecule has 8 heteroatoms. The van der Waals surface area contributed by atoms with E-state index in [0.717, 1.165) is 36.4 Å². The van der Waals surface area contributed by atoms with Crippen molar-refractivity contribution in [2.75, 3.05) is 26.3 Å². The van der Waals surface area contributed by atoms with Crippen LogP contribution in [-0.4, -0.2) is 47.8 Å². The van der Waals surface area contributed by atoms with Crippen LogP contribution in [-0.2, 0) is 16.0 Å². The first kappa shape index (κ1) is 22.7. The van der Waals surface area contributed by atoms with Gasteiger partial charge in [-0.25, -0.2) is 4.98 Å². The van der Waals surface area contributed by atoms with Gasteiger partial charge in [-0.1, -0.05) is 12.1 Å². The number of ether oxygens (including phenoxy) is 1. The van der Waals surface area contributed by atoms with Gasteiger partial charge in [-0.2, -0.15) is 0 Å². The molecular formula is C18H28Cl2N4O2. The van der Waals surface area contributed by atoms with Crippen LogP contribution in [0, 0.1) is 0 Å². The second-order valence-electron chi connectivity index (χ2n) is 6.51. The number of hydrogen-bond donors (Lipinski definition) is 2. The smallest absolute Gasteiger partial charge is 0.221 e. The van der Waals surface area contributed by atoms with Gasteiger partial charge < -0.3 is 19.9 Å². The number of aromatic nitrogens is 2. The minimum atomic E-state index is 0. The van der Waals surface area contributed by atoms with Crippen molar-refractivity contribution < 1.29 is 9.53 Å². The Kier molecular flexibility index (Phi) is 9.36. The summed E-state index contributed by atoms with van der Waals surface area (Å²) in [6.45, 7) is 7.06. The van der Waals surface area contributed by atoms with Crippen LogP contribution in [0.5, 0.6) is 0 Å². The van der Waals surface area contributed by atoms with Gasteiger partial charge in [0.2, 0.25) is 5.91 Å². The summed E-state index contributed by atoms with van der Waals surface area (Å²) in [5, 5.41) is 6.30. The highest BCUT2D eigenvalue weighted by Crippen LogP contribution is 2.20. The molecule has 1 saturated heterocycles. The van der Waals surface area contributed by atoms with E-state index in [1.165, 1.54) is 0 Å². The third kappa shape index (κ3) is 5.58. The number of rotatable bonds is 6. The topological polar surface area (TPSA) is 68.2 Å². The number of nitrogens with zero attached hydrogens (tertiary/aromatic N) is 2. The third-order valence-electron chi connectivity index (χ3n) is 4.29. The van der Waals surface area contributed by atoms with Crippen LogP contribution >= 0.6 is 24.8 Å². The molecule has 1 aromatic heterocycles. The van der Waals surface area contributed by atoms with Gasteiger partial charge in [-0.15, -0.1) is 24.8 Å². The quantitative estimate of drug-likeness (QED) is 0.778. The summed E-state index contributed by atoms with van der Waals surface area (Å²) in [4.78, 5) is 16.8. The molecule has 6 nitrogen and oxygen atoms in total. The number of para-hydroxylation sites is 2. The maximum atomic E-state index is 12.1. The Morgan fingerprint density at radius 1 is 1.38 bits per heavy atom. The van der Waals surface area contributed by atoms with Crippen molar-refractivity contribution in [3.8, 4) is 0 Å². The van der Waals surface area contributed by atoms with Crippen molar-refractivity contribution in [2.45, 2.75) is 38.8 Å². The lowest BCUT2D eigenvalue weighted by Gasteiger charge is -2.23. The normalized spacial score (nSPS) is 16.8. The number of fused-ring (bicyclic) bond motifs is 1. The number of nitrogens with one attached hydrogen (secondary N) is 2. The lowest BCUT2D eigenvalue weighted by Crippen LogP contribution is -2.44. The van der Waals surface area contributed by atoms with Crippen LogP contribution in [0.3, 0.4) is 0 Å². The van der Waals surface area contributed by atoms with Gasteiger partial charge in [0.05, 0.1) is 24.2 Å². The van der Waals surface area contributed by atoms with Crippen LogP contribution < -0.4 is 10.6 Å². The monoisotopic (exact) mass is 402 g/mol. The number of halogens is 2. The number of morpholine rings is 1. The first-order valence-electron chi connectivity index (χ1n) is 8.69. The van der Waals surface area contributed by atoms with Crippen molar-refractivity contribution in [1.82, 2.24) is 20.2 Å². The molecule has 1 atom stereocenters.